The van der Waals surface area contributed by atoms with Gasteiger partial charge in [-0.25, -0.2) is 13.6 Å². The molecule has 0 saturated carbocycles. The smallest absolute Gasteiger partial charge is 0.335 e. The van der Waals surface area contributed by atoms with Crippen molar-refractivity contribution in [3.05, 3.63) is 35.4 Å². The SMILES string of the molecule is COCCN(CC(F)F)C(=O)Cc1cccc(C(=O)O)c1. The van der Waals surface area contributed by atoms with Gasteiger partial charge in [0.1, 0.15) is 0 Å². The Morgan fingerprint density at radius 1 is 1.38 bits per heavy atom. The Balaban J connectivity index is 2.75. The zero-order valence-corrected chi connectivity index (χ0v) is 11.6. The van der Waals surface area contributed by atoms with E-state index < -0.39 is 24.8 Å². The lowest BCUT2D eigenvalue weighted by Crippen LogP contribution is -2.38. The highest BCUT2D eigenvalue weighted by atomic mass is 19.3. The van der Waals surface area contributed by atoms with E-state index in [0.29, 0.717) is 5.56 Å². The number of aromatic carboxylic acids is 1. The third-order valence-corrected chi connectivity index (χ3v) is 2.81. The van der Waals surface area contributed by atoms with Crippen LogP contribution in [0.2, 0.25) is 0 Å². The van der Waals surface area contributed by atoms with Crippen LogP contribution in [0.15, 0.2) is 24.3 Å². The zero-order valence-electron chi connectivity index (χ0n) is 11.6. The average Bonchev–Trinajstić information content (AvgIpc) is 2.43. The number of amides is 1. The van der Waals surface area contributed by atoms with Gasteiger partial charge in [-0.15, -0.1) is 0 Å². The van der Waals surface area contributed by atoms with E-state index >= 15 is 0 Å². The Hall–Kier alpha value is -2.02. The number of rotatable bonds is 8. The van der Waals surface area contributed by atoms with Crippen LogP contribution in [-0.4, -0.2) is 55.1 Å². The fourth-order valence-corrected chi connectivity index (χ4v) is 1.79. The number of carbonyl (C=O) groups excluding carboxylic acids is 1. The highest BCUT2D eigenvalue weighted by Gasteiger charge is 2.18. The summed E-state index contributed by atoms with van der Waals surface area (Å²) in [7, 11) is 1.42. The van der Waals surface area contributed by atoms with Gasteiger partial charge in [0.15, 0.2) is 0 Å². The Morgan fingerprint density at radius 3 is 2.67 bits per heavy atom. The van der Waals surface area contributed by atoms with Gasteiger partial charge in [0.05, 0.1) is 25.1 Å². The van der Waals surface area contributed by atoms with Crippen molar-refractivity contribution in [3.63, 3.8) is 0 Å². The number of methoxy groups -OCH3 is 1. The Labute approximate surface area is 121 Å². The third kappa shape index (κ3) is 5.86. The number of hydrogen-bond donors (Lipinski definition) is 1. The Kier molecular flexibility index (Phi) is 6.74. The summed E-state index contributed by atoms with van der Waals surface area (Å²) in [6.45, 7) is -0.438. The first kappa shape index (κ1) is 17.0. The van der Waals surface area contributed by atoms with Gasteiger partial charge in [-0.1, -0.05) is 12.1 Å². The van der Waals surface area contributed by atoms with E-state index in [1.807, 2.05) is 0 Å². The first-order chi connectivity index (χ1) is 9.93. The lowest BCUT2D eigenvalue weighted by molar-refractivity contribution is -0.133. The summed E-state index contributed by atoms with van der Waals surface area (Å²) in [5.41, 5.74) is 0.522. The maximum atomic E-state index is 12.5. The molecule has 0 aliphatic heterocycles. The molecule has 0 bridgehead atoms. The van der Waals surface area contributed by atoms with Crippen LogP contribution in [0, 0.1) is 0 Å². The monoisotopic (exact) mass is 301 g/mol. The minimum Gasteiger partial charge on any atom is -0.478 e. The Bertz CT molecular complexity index is 494. The number of ether oxygens (including phenoxy) is 1. The summed E-state index contributed by atoms with van der Waals surface area (Å²) in [4.78, 5) is 23.9. The predicted molar refractivity (Wildman–Crippen MR) is 71.6 cm³/mol. The third-order valence-electron chi connectivity index (χ3n) is 2.81. The van der Waals surface area contributed by atoms with Gasteiger partial charge in [-0.3, -0.25) is 4.79 Å². The summed E-state index contributed by atoms with van der Waals surface area (Å²) in [5, 5.41) is 8.88. The van der Waals surface area contributed by atoms with Crippen LogP contribution < -0.4 is 0 Å². The van der Waals surface area contributed by atoms with Crippen LogP contribution in [0.4, 0.5) is 8.78 Å². The number of halogens is 2. The number of carboxylic acids is 1. The molecule has 0 aliphatic carbocycles. The molecule has 1 N–H and O–H groups in total. The molecular formula is C14H17F2NO4. The highest BCUT2D eigenvalue weighted by Crippen LogP contribution is 2.09. The molecule has 0 saturated heterocycles. The largest absolute Gasteiger partial charge is 0.478 e. The molecule has 0 spiro atoms. The van der Waals surface area contributed by atoms with Gasteiger partial charge >= 0.3 is 5.97 Å². The first-order valence-corrected chi connectivity index (χ1v) is 6.31. The molecule has 0 aromatic heterocycles. The summed E-state index contributed by atoms with van der Waals surface area (Å²) in [5.74, 6) is -1.59. The quantitative estimate of drug-likeness (QED) is 0.793. The number of carbonyl (C=O) groups is 2. The van der Waals surface area contributed by atoms with Crippen LogP contribution in [-0.2, 0) is 16.0 Å². The van der Waals surface area contributed by atoms with Crippen LogP contribution in [0.5, 0.6) is 0 Å². The topological polar surface area (TPSA) is 66.8 Å². The zero-order chi connectivity index (χ0) is 15.8. The maximum absolute atomic E-state index is 12.5. The fraction of sp³-hybridized carbons (Fsp3) is 0.429. The Morgan fingerprint density at radius 2 is 2.10 bits per heavy atom. The van der Waals surface area contributed by atoms with Crippen molar-refractivity contribution in [2.75, 3.05) is 26.8 Å². The number of alkyl halides is 2. The number of hydrogen-bond acceptors (Lipinski definition) is 3. The molecular weight excluding hydrogens is 284 g/mol. The van der Waals surface area contributed by atoms with Crippen molar-refractivity contribution in [2.45, 2.75) is 12.8 Å². The molecule has 1 aromatic rings. The van der Waals surface area contributed by atoms with Crippen LogP contribution in [0.3, 0.4) is 0 Å². The van der Waals surface area contributed by atoms with Crippen molar-refractivity contribution in [1.29, 1.82) is 0 Å². The minimum atomic E-state index is -2.63. The summed E-state index contributed by atoms with van der Waals surface area (Å²) in [6, 6.07) is 5.86. The molecule has 0 unspecified atom stereocenters. The van der Waals surface area contributed by atoms with Gasteiger partial charge in [0.2, 0.25) is 5.91 Å². The summed E-state index contributed by atoms with van der Waals surface area (Å²) in [6.07, 6.45) is -2.76. The maximum Gasteiger partial charge on any atom is 0.335 e. The first-order valence-electron chi connectivity index (χ1n) is 6.31. The van der Waals surface area contributed by atoms with Crippen LogP contribution in [0.1, 0.15) is 15.9 Å². The molecule has 5 nitrogen and oxygen atoms in total. The van der Waals surface area contributed by atoms with Crippen molar-refractivity contribution >= 4 is 11.9 Å². The van der Waals surface area contributed by atoms with E-state index in [4.69, 9.17) is 9.84 Å². The van der Waals surface area contributed by atoms with Crippen LogP contribution >= 0.6 is 0 Å². The number of carboxylic acid groups (broad SMARTS) is 1. The second-order valence-electron chi connectivity index (χ2n) is 4.41. The van der Waals surface area contributed by atoms with E-state index in [2.05, 4.69) is 0 Å². The van der Waals surface area contributed by atoms with Crippen LogP contribution in [0.25, 0.3) is 0 Å². The summed E-state index contributed by atoms with van der Waals surface area (Å²) >= 11 is 0. The molecule has 0 heterocycles. The number of benzene rings is 1. The van der Waals surface area contributed by atoms with E-state index in [1.54, 1.807) is 6.07 Å². The molecule has 7 heteroatoms. The second kappa shape index (κ2) is 8.31. The van der Waals surface area contributed by atoms with E-state index in [9.17, 15) is 18.4 Å². The van der Waals surface area contributed by atoms with Gasteiger partial charge in [-0.05, 0) is 17.7 Å². The van der Waals surface area contributed by atoms with Crippen molar-refractivity contribution in [1.82, 2.24) is 4.90 Å². The summed E-state index contributed by atoms with van der Waals surface area (Å²) < 4.78 is 29.7. The minimum absolute atomic E-state index is 0.0533. The molecule has 116 valence electrons. The molecule has 0 atom stereocenters. The van der Waals surface area contributed by atoms with E-state index in [1.165, 1.54) is 25.3 Å². The lowest BCUT2D eigenvalue weighted by Gasteiger charge is -2.22. The van der Waals surface area contributed by atoms with Crippen molar-refractivity contribution in [2.24, 2.45) is 0 Å². The normalized spacial score (nSPS) is 10.7. The molecule has 21 heavy (non-hydrogen) atoms. The van der Waals surface area contributed by atoms with Crippen molar-refractivity contribution < 1.29 is 28.2 Å². The van der Waals surface area contributed by atoms with E-state index in [0.717, 1.165) is 4.90 Å². The van der Waals surface area contributed by atoms with Crippen molar-refractivity contribution in [3.8, 4) is 0 Å². The average molecular weight is 301 g/mol. The molecule has 0 radical (unpaired) electrons. The van der Waals surface area contributed by atoms with Gasteiger partial charge in [0.25, 0.3) is 6.43 Å². The van der Waals surface area contributed by atoms with Gasteiger partial charge < -0.3 is 14.7 Å². The van der Waals surface area contributed by atoms with E-state index in [-0.39, 0.29) is 25.1 Å². The molecule has 0 aliphatic rings. The highest BCUT2D eigenvalue weighted by molar-refractivity contribution is 5.88. The molecule has 0 fully saturated rings. The fourth-order valence-electron chi connectivity index (χ4n) is 1.79. The molecule has 1 rings (SSSR count). The molecule has 1 aromatic carbocycles. The molecule has 1 amide bonds. The standard InChI is InChI=1S/C14H17F2NO4/c1-21-6-5-17(9-12(15)16)13(18)8-10-3-2-4-11(7-10)14(19)20/h2-4,7,12H,5-6,8-9H2,1H3,(H,19,20). The lowest BCUT2D eigenvalue weighted by atomic mass is 10.1. The second-order valence-corrected chi connectivity index (χ2v) is 4.41. The van der Waals surface area contributed by atoms with Gasteiger partial charge in [-0.2, -0.15) is 0 Å². The number of nitrogens with zero attached hydrogens (tertiary/aromatic N) is 1. The van der Waals surface area contributed by atoms with Gasteiger partial charge in [0, 0.05) is 13.7 Å². The predicted octanol–water partition coefficient (Wildman–Crippen LogP) is 1.67.